The van der Waals surface area contributed by atoms with Crippen LogP contribution in [0.15, 0.2) is 0 Å². The molecule has 0 saturated heterocycles. The molecule has 0 N–H and O–H groups in total. The summed E-state index contributed by atoms with van der Waals surface area (Å²) in [5.41, 5.74) is 0. The van der Waals surface area contributed by atoms with Gasteiger partial charge < -0.3 is 19.8 Å². The molecule has 0 fully saturated rings. The van der Waals surface area contributed by atoms with Gasteiger partial charge in [0.2, 0.25) is 0 Å². The van der Waals surface area contributed by atoms with E-state index >= 15 is 0 Å². The van der Waals surface area contributed by atoms with Crippen molar-refractivity contribution in [3.05, 3.63) is 0 Å². The largest absolute Gasteiger partial charge is 3.00 e. The van der Waals surface area contributed by atoms with Gasteiger partial charge in [0.15, 0.2) is 0 Å². The van der Waals surface area contributed by atoms with Crippen molar-refractivity contribution < 1.29 is 81.9 Å². The minimum absolute atomic E-state index is 0. The zero-order valence-electron chi connectivity index (χ0n) is 3.02. The molecule has 16 valence electrons. The van der Waals surface area contributed by atoms with Gasteiger partial charge in [-0.05, 0) is 0 Å². The predicted octanol–water partition coefficient (Wildman–Crippen LogP) is 1.71. The molecule has 0 rings (SSSR count). The van der Waals surface area contributed by atoms with E-state index in [1.54, 1.807) is 0 Å². The molecule has 0 spiro atoms. The summed E-state index contributed by atoms with van der Waals surface area (Å²) in [5.74, 6) is 0. The van der Waals surface area contributed by atoms with E-state index in [2.05, 4.69) is 0 Å². The van der Waals surface area contributed by atoms with Crippen LogP contribution in [0.25, 0.3) is 0 Å². The second-order valence-electron chi connectivity index (χ2n) is 0. The van der Waals surface area contributed by atoms with Crippen molar-refractivity contribution in [2.24, 2.45) is 0 Å². The molecule has 5 heavy (non-hydrogen) atoms. The number of hydrogen-bond acceptors (Lipinski definition) is 0. The first-order valence-corrected chi connectivity index (χ1v) is 0. The second kappa shape index (κ2) is 25.5. The molecule has 0 radical (unpaired) electrons. The van der Waals surface area contributed by atoms with Gasteiger partial charge in [0.25, 0.3) is 0 Å². The Bertz CT molecular complexity index is 4.85. The molecule has 0 aromatic rings. The molecule has 0 bridgehead atoms. The molecule has 0 amide bonds. The maximum atomic E-state index is 0. The smallest absolute Gasteiger partial charge is 2.00 e. The Kier molecular flexibility index (Phi) is 194. The summed E-state index contributed by atoms with van der Waals surface area (Å²) in [6.07, 6.45) is 0. The SMILES string of the molecule is [Cd+2].[Cd+2].[Cd+2].[P-3].[P-3]. The fourth-order valence-corrected chi connectivity index (χ4v) is 0. The van der Waals surface area contributed by atoms with Crippen molar-refractivity contribution >= 4 is 19.8 Å². The monoisotopic (exact) mass is 404 g/mol. The minimum Gasteiger partial charge on any atom is -3.00 e. The van der Waals surface area contributed by atoms with Crippen LogP contribution in [0.3, 0.4) is 0 Å². The Labute approximate surface area is 99.7 Å². The fourth-order valence-electron chi connectivity index (χ4n) is 0. The van der Waals surface area contributed by atoms with Gasteiger partial charge in [0, 0.05) is 0 Å². The van der Waals surface area contributed by atoms with Crippen LogP contribution in [0, 0.1) is 0 Å². The molecule has 0 aliphatic heterocycles. The predicted molar refractivity (Wildman–Crippen MR) is 13.8 cm³/mol. The molecule has 0 aromatic carbocycles. The van der Waals surface area contributed by atoms with Gasteiger partial charge >= 0.3 is 81.9 Å². The van der Waals surface area contributed by atoms with Crippen LogP contribution in [0.1, 0.15) is 0 Å². The summed E-state index contributed by atoms with van der Waals surface area (Å²) in [6, 6.07) is 0. The van der Waals surface area contributed by atoms with Gasteiger partial charge in [-0.1, -0.05) is 0 Å². The Balaban J connectivity index is 0. The van der Waals surface area contributed by atoms with E-state index in [0.29, 0.717) is 0 Å². The number of rotatable bonds is 0. The minimum atomic E-state index is 0. The first kappa shape index (κ1) is 38.2. The third-order valence-electron chi connectivity index (χ3n) is 0. The Morgan fingerprint density at radius 2 is 0.400 bits per heavy atom. The van der Waals surface area contributed by atoms with E-state index in [4.69, 9.17) is 0 Å². The van der Waals surface area contributed by atoms with Gasteiger partial charge in [-0.2, -0.15) is 0 Å². The van der Waals surface area contributed by atoms with E-state index in [9.17, 15) is 0 Å². The first-order valence-electron chi connectivity index (χ1n) is 0. The van der Waals surface area contributed by atoms with Gasteiger partial charge in [-0.15, -0.1) is 0 Å². The van der Waals surface area contributed by atoms with Gasteiger partial charge in [-0.25, -0.2) is 0 Å². The van der Waals surface area contributed by atoms with Crippen LogP contribution in [0.5, 0.6) is 0 Å². The fraction of sp³-hybridized carbons (Fsp3) is 0. The molecular formula is Cd3P2. The molecule has 0 atom stereocenters. The standard InChI is InChI=1S/3Cd.2P/q3*+2;2*-3. The molecule has 0 nitrogen and oxygen atoms in total. The molecule has 5 heteroatoms. The van der Waals surface area contributed by atoms with Gasteiger partial charge in [0.1, 0.15) is 0 Å². The third-order valence-corrected chi connectivity index (χ3v) is 0. The van der Waals surface area contributed by atoms with Crippen molar-refractivity contribution in [3.63, 3.8) is 0 Å². The molecule has 0 aromatic heterocycles. The summed E-state index contributed by atoms with van der Waals surface area (Å²) in [6.45, 7) is 0. The normalized spacial score (nSPS) is 0. The van der Waals surface area contributed by atoms with Crippen molar-refractivity contribution in [1.82, 2.24) is 0 Å². The summed E-state index contributed by atoms with van der Waals surface area (Å²) < 4.78 is 0. The zero-order chi connectivity index (χ0) is 0. The molecule has 0 unspecified atom stereocenters. The second-order valence-corrected chi connectivity index (χ2v) is 0. The Morgan fingerprint density at radius 1 is 0.400 bits per heavy atom. The van der Waals surface area contributed by atoms with Gasteiger partial charge in [-0.3, -0.25) is 0 Å². The first-order chi connectivity index (χ1) is 0. The molecule has 0 aliphatic carbocycles. The molecule has 0 heterocycles. The summed E-state index contributed by atoms with van der Waals surface area (Å²) >= 11 is 0. The zero-order valence-corrected chi connectivity index (χ0v) is 16.9. The van der Waals surface area contributed by atoms with Crippen LogP contribution in [0.4, 0.5) is 0 Å². The quantitative estimate of drug-likeness (QED) is 0.430. The Hall–Kier alpha value is 3.63. The summed E-state index contributed by atoms with van der Waals surface area (Å²) in [4.78, 5) is 0. The average Bonchev–Trinajstić information content (AvgIpc) is 0. The van der Waals surface area contributed by atoms with Crippen LogP contribution in [-0.4, -0.2) is 0 Å². The molecule has 0 saturated carbocycles. The van der Waals surface area contributed by atoms with Crippen molar-refractivity contribution in [3.8, 4) is 0 Å². The van der Waals surface area contributed by atoms with Crippen molar-refractivity contribution in [2.75, 3.05) is 0 Å². The summed E-state index contributed by atoms with van der Waals surface area (Å²) in [5, 5.41) is 0. The van der Waals surface area contributed by atoms with E-state index in [-0.39, 0.29) is 102 Å². The van der Waals surface area contributed by atoms with E-state index in [0.717, 1.165) is 0 Å². The van der Waals surface area contributed by atoms with Crippen LogP contribution >= 0.6 is 19.8 Å². The third kappa shape index (κ3) is 18.4. The van der Waals surface area contributed by atoms with Crippen molar-refractivity contribution in [2.45, 2.75) is 0 Å². The maximum Gasteiger partial charge on any atom is 2.00 e. The average molecular weight is 399 g/mol. The van der Waals surface area contributed by atoms with Crippen LogP contribution in [0.2, 0.25) is 0 Å². The summed E-state index contributed by atoms with van der Waals surface area (Å²) in [7, 11) is 0. The van der Waals surface area contributed by atoms with Gasteiger partial charge in [0.05, 0.1) is 0 Å². The molecular weight excluding hydrogens is 399 g/mol. The molecule has 0 aliphatic rings. The van der Waals surface area contributed by atoms with E-state index in [1.165, 1.54) is 0 Å². The topological polar surface area (TPSA) is 0 Å². The van der Waals surface area contributed by atoms with E-state index < -0.39 is 0 Å². The number of hydrogen-bond donors (Lipinski definition) is 0. The van der Waals surface area contributed by atoms with E-state index in [1.807, 2.05) is 0 Å². The van der Waals surface area contributed by atoms with Crippen LogP contribution in [-0.2, 0) is 81.9 Å². The Morgan fingerprint density at radius 3 is 0.400 bits per heavy atom. The maximum absolute atomic E-state index is 0. The van der Waals surface area contributed by atoms with Crippen LogP contribution < -0.4 is 0 Å². The van der Waals surface area contributed by atoms with Crippen molar-refractivity contribution in [1.29, 1.82) is 0 Å².